The molecule has 186 valence electrons. The molecule has 5 rings (SSSR count). The molecule has 2 aliphatic rings. The van der Waals surface area contributed by atoms with E-state index in [4.69, 9.17) is 16.4 Å². The van der Waals surface area contributed by atoms with E-state index in [9.17, 15) is 10.1 Å². The lowest BCUT2D eigenvalue weighted by Gasteiger charge is -2.37. The van der Waals surface area contributed by atoms with Gasteiger partial charge in [0.1, 0.15) is 28.9 Å². The van der Waals surface area contributed by atoms with E-state index < -0.39 is 0 Å². The maximum atomic E-state index is 13.0. The number of fused-ring (bicyclic) bond motifs is 1. The highest BCUT2D eigenvalue weighted by Gasteiger charge is 2.31. The summed E-state index contributed by atoms with van der Waals surface area (Å²) in [6, 6.07) is 16.0. The maximum absolute atomic E-state index is 13.0. The van der Waals surface area contributed by atoms with Crippen LogP contribution in [0.25, 0.3) is 11.0 Å². The Morgan fingerprint density at radius 3 is 2.56 bits per heavy atom. The molecule has 3 aromatic rings. The predicted molar refractivity (Wildman–Crippen MR) is 143 cm³/mol. The summed E-state index contributed by atoms with van der Waals surface area (Å²) in [5.41, 5.74) is 3.69. The van der Waals surface area contributed by atoms with Crippen LogP contribution >= 0.6 is 11.6 Å². The number of aromatic nitrogens is 2. The molecule has 0 amide bonds. The summed E-state index contributed by atoms with van der Waals surface area (Å²) in [6.45, 7) is 0.691. The first-order valence-corrected chi connectivity index (χ1v) is 12.9. The fourth-order valence-corrected chi connectivity index (χ4v) is 5.35. The summed E-state index contributed by atoms with van der Waals surface area (Å²) < 4.78 is 1.47. The number of hydrogen-bond donors (Lipinski definition) is 0. The van der Waals surface area contributed by atoms with Gasteiger partial charge in [0.15, 0.2) is 0 Å². The fourth-order valence-electron chi connectivity index (χ4n) is 5.20. The minimum Gasteiger partial charge on any atom is -0.395 e. The number of benzene rings is 1. The van der Waals surface area contributed by atoms with E-state index in [0.29, 0.717) is 40.3 Å². The van der Waals surface area contributed by atoms with E-state index in [0.717, 1.165) is 37.0 Å². The lowest BCUT2D eigenvalue weighted by molar-refractivity contribution is 0.131. The molecule has 2 fully saturated rings. The number of hydrogen-bond acceptors (Lipinski definition) is 6. The van der Waals surface area contributed by atoms with Gasteiger partial charge in [0.2, 0.25) is 0 Å². The topological polar surface area (TPSA) is 83.5 Å². The quantitative estimate of drug-likeness (QED) is 0.249. The van der Waals surface area contributed by atoms with Gasteiger partial charge in [-0.3, -0.25) is 4.79 Å². The molecule has 0 radical (unpaired) electrons. The second-order valence-electron chi connectivity index (χ2n) is 9.90. The Kier molecular flexibility index (Phi) is 6.97. The molecule has 7 nitrogen and oxygen atoms in total. The van der Waals surface area contributed by atoms with Gasteiger partial charge in [-0.15, -0.1) is 0 Å². The first-order valence-electron chi connectivity index (χ1n) is 12.6. The first-order chi connectivity index (χ1) is 17.5. The van der Waals surface area contributed by atoms with Crippen molar-refractivity contribution in [3.8, 4) is 6.07 Å². The van der Waals surface area contributed by atoms with E-state index in [-0.39, 0.29) is 17.2 Å². The molecule has 2 aliphatic carbocycles. The molecule has 0 N–H and O–H groups in total. The minimum absolute atomic E-state index is 0.101. The zero-order valence-electron chi connectivity index (χ0n) is 20.7. The molecule has 0 aliphatic heterocycles. The Balaban J connectivity index is 1.40. The van der Waals surface area contributed by atoms with Gasteiger partial charge in [0.25, 0.3) is 5.56 Å². The summed E-state index contributed by atoms with van der Waals surface area (Å²) in [7, 11) is 3.61. The van der Waals surface area contributed by atoms with Crippen LogP contribution in [0.3, 0.4) is 0 Å². The first kappa shape index (κ1) is 24.3. The van der Waals surface area contributed by atoms with Gasteiger partial charge in [0, 0.05) is 26.1 Å². The number of nitriles is 1. The Morgan fingerprint density at radius 1 is 1.17 bits per heavy atom. The molecule has 2 aromatic heterocycles. The summed E-state index contributed by atoms with van der Waals surface area (Å²) in [6.07, 6.45) is 6.14. The van der Waals surface area contributed by atoms with Gasteiger partial charge in [0.05, 0.1) is 16.9 Å². The Bertz CT molecular complexity index is 1380. The number of pyridine rings is 2. The van der Waals surface area contributed by atoms with Gasteiger partial charge < -0.3 is 14.3 Å². The van der Waals surface area contributed by atoms with Crippen molar-refractivity contribution in [2.75, 3.05) is 18.6 Å². The van der Waals surface area contributed by atoms with Crippen LogP contribution in [0.15, 0.2) is 52.4 Å². The van der Waals surface area contributed by atoms with Crippen LogP contribution in [0.1, 0.15) is 49.7 Å². The molecule has 1 aromatic carbocycles. The van der Waals surface area contributed by atoms with Crippen molar-refractivity contribution in [3.63, 3.8) is 0 Å². The van der Waals surface area contributed by atoms with E-state index in [1.807, 2.05) is 25.2 Å². The van der Waals surface area contributed by atoms with Gasteiger partial charge in [-0.1, -0.05) is 47.1 Å². The zero-order chi connectivity index (χ0) is 25.2. The molecule has 0 spiro atoms. The van der Waals surface area contributed by atoms with Crippen LogP contribution in [-0.4, -0.2) is 35.0 Å². The Hall–Kier alpha value is -3.37. The van der Waals surface area contributed by atoms with Crippen LogP contribution in [0.5, 0.6) is 0 Å². The lowest BCUT2D eigenvalue weighted by Crippen LogP contribution is -2.38. The van der Waals surface area contributed by atoms with E-state index in [1.165, 1.54) is 17.4 Å². The van der Waals surface area contributed by atoms with Crippen molar-refractivity contribution in [2.24, 2.45) is 24.0 Å². The molecule has 36 heavy (non-hydrogen) atoms. The standard InChI is InChI=1S/C28H30ClN5O2/c1-33(27-22(16-30)28(35)34(2)23-14-15-24(29)31-26(23)27)21-12-10-20(11-13-21)25(19-6-4-3-5-7-19)32-36-17-18-8-9-18/h3-7,14-15,18,20-21H,8-13,17H2,1-2H3/b32-25+/t20-,21-. The van der Waals surface area contributed by atoms with Crippen molar-refractivity contribution in [3.05, 3.63) is 69.1 Å². The maximum Gasteiger partial charge on any atom is 0.270 e. The molecule has 2 heterocycles. The van der Waals surface area contributed by atoms with Crippen molar-refractivity contribution in [1.29, 1.82) is 5.26 Å². The molecule has 2 saturated carbocycles. The second-order valence-corrected chi connectivity index (χ2v) is 10.3. The smallest absolute Gasteiger partial charge is 0.270 e. The third-order valence-electron chi connectivity index (χ3n) is 7.52. The molecule has 0 bridgehead atoms. The Labute approximate surface area is 215 Å². The monoisotopic (exact) mass is 503 g/mol. The summed E-state index contributed by atoms with van der Waals surface area (Å²) in [5, 5.41) is 14.8. The summed E-state index contributed by atoms with van der Waals surface area (Å²) in [4.78, 5) is 25.3. The largest absolute Gasteiger partial charge is 0.395 e. The van der Waals surface area contributed by atoms with Crippen molar-refractivity contribution < 1.29 is 4.84 Å². The molecule has 0 atom stereocenters. The van der Waals surface area contributed by atoms with E-state index in [1.54, 1.807) is 19.2 Å². The highest BCUT2D eigenvalue weighted by molar-refractivity contribution is 6.29. The molecule has 8 heteroatoms. The lowest BCUT2D eigenvalue weighted by atomic mass is 9.80. The number of rotatable bonds is 7. The molecular weight excluding hydrogens is 474 g/mol. The molecule has 0 unspecified atom stereocenters. The second kappa shape index (κ2) is 10.3. The van der Waals surface area contributed by atoms with Crippen LogP contribution in [-0.2, 0) is 11.9 Å². The third kappa shape index (κ3) is 4.83. The Morgan fingerprint density at radius 2 is 1.89 bits per heavy atom. The van der Waals surface area contributed by atoms with Gasteiger partial charge in [-0.2, -0.15) is 5.26 Å². The van der Waals surface area contributed by atoms with Crippen LogP contribution in [0, 0.1) is 23.2 Å². The van der Waals surface area contributed by atoms with Gasteiger partial charge in [-0.25, -0.2) is 4.98 Å². The van der Waals surface area contributed by atoms with Gasteiger partial charge in [-0.05, 0) is 62.1 Å². The number of anilines is 1. The summed E-state index contributed by atoms with van der Waals surface area (Å²) in [5.74, 6) is 0.944. The number of oxime groups is 1. The van der Waals surface area contributed by atoms with Crippen molar-refractivity contribution >= 4 is 34.0 Å². The highest BCUT2D eigenvalue weighted by Crippen LogP contribution is 2.36. The van der Waals surface area contributed by atoms with E-state index >= 15 is 0 Å². The van der Waals surface area contributed by atoms with Crippen LogP contribution in [0.4, 0.5) is 5.69 Å². The van der Waals surface area contributed by atoms with Crippen LogP contribution in [0.2, 0.25) is 5.15 Å². The van der Waals surface area contributed by atoms with Crippen molar-refractivity contribution in [1.82, 2.24) is 9.55 Å². The normalized spacial score (nSPS) is 20.2. The van der Waals surface area contributed by atoms with Gasteiger partial charge >= 0.3 is 0 Å². The fraction of sp³-hybridized carbons (Fsp3) is 0.429. The average Bonchev–Trinajstić information content (AvgIpc) is 3.73. The minimum atomic E-state index is -0.323. The zero-order valence-corrected chi connectivity index (χ0v) is 21.4. The van der Waals surface area contributed by atoms with Crippen molar-refractivity contribution in [2.45, 2.75) is 44.6 Å². The average molecular weight is 504 g/mol. The molecule has 0 saturated heterocycles. The summed E-state index contributed by atoms with van der Waals surface area (Å²) >= 11 is 6.22. The number of nitrogens with zero attached hydrogens (tertiary/aromatic N) is 5. The molecular formula is C28H30ClN5O2. The van der Waals surface area contributed by atoms with E-state index in [2.05, 4.69) is 33.2 Å². The third-order valence-corrected chi connectivity index (χ3v) is 7.73. The number of aryl methyl sites for hydroxylation is 1. The highest BCUT2D eigenvalue weighted by atomic mass is 35.5. The predicted octanol–water partition coefficient (Wildman–Crippen LogP) is 5.28. The SMILES string of the molecule is Cn1c(=O)c(C#N)c(N(C)[C@H]2CC[C@H](/C(=N/OCC3CC3)c3ccccc3)CC2)c2nc(Cl)ccc21. The number of halogens is 1. The van der Waals surface area contributed by atoms with Crippen LogP contribution < -0.4 is 10.5 Å².